The van der Waals surface area contributed by atoms with E-state index in [1.54, 1.807) is 0 Å². The predicted molar refractivity (Wildman–Crippen MR) is 98.9 cm³/mol. The van der Waals surface area contributed by atoms with Crippen LogP contribution in [0.5, 0.6) is 0 Å². The first-order valence-electron chi connectivity index (χ1n) is 8.72. The van der Waals surface area contributed by atoms with E-state index in [9.17, 15) is 0 Å². The molecule has 6 heteroatoms. The van der Waals surface area contributed by atoms with Gasteiger partial charge in [0.1, 0.15) is 10.7 Å². The van der Waals surface area contributed by atoms with Gasteiger partial charge in [-0.25, -0.2) is 9.97 Å². The third-order valence-corrected chi connectivity index (χ3v) is 6.10. The summed E-state index contributed by atoms with van der Waals surface area (Å²) in [5.74, 6) is 1.58. The highest BCUT2D eigenvalue weighted by Gasteiger charge is 2.31. The van der Waals surface area contributed by atoms with Crippen molar-refractivity contribution in [3.8, 4) is 11.5 Å². The van der Waals surface area contributed by atoms with Crippen LogP contribution in [0.15, 0.2) is 24.3 Å². The highest BCUT2D eigenvalue weighted by Crippen LogP contribution is 2.47. The van der Waals surface area contributed by atoms with Gasteiger partial charge in [-0.05, 0) is 31.9 Å². The Morgan fingerprint density at radius 2 is 2.08 bits per heavy atom. The lowest BCUT2D eigenvalue weighted by Gasteiger charge is -2.32. The largest absolute Gasteiger partial charge is 0.359 e. The average molecular weight is 339 g/mol. The fraction of sp³-hybridized carbons (Fsp3) is 0.444. The lowest BCUT2D eigenvalue weighted by atomic mass is 10.2. The number of benzene rings is 1. The molecule has 24 heavy (non-hydrogen) atoms. The Morgan fingerprint density at radius 3 is 2.88 bits per heavy atom. The first-order valence-corrected chi connectivity index (χ1v) is 9.54. The molecule has 0 spiro atoms. The summed E-state index contributed by atoms with van der Waals surface area (Å²) in [5.41, 5.74) is 3.12. The summed E-state index contributed by atoms with van der Waals surface area (Å²) in [5, 5.41) is 6.09. The van der Waals surface area contributed by atoms with Gasteiger partial charge in [0.25, 0.3) is 0 Å². The predicted octanol–water partition coefficient (Wildman–Crippen LogP) is 3.36. The van der Waals surface area contributed by atoms with Gasteiger partial charge < -0.3 is 15.2 Å². The Labute approximate surface area is 145 Å². The molecule has 0 bridgehead atoms. The number of anilines is 1. The van der Waals surface area contributed by atoms with E-state index in [1.165, 1.54) is 22.9 Å². The van der Waals surface area contributed by atoms with E-state index in [0.29, 0.717) is 12.0 Å². The lowest BCUT2D eigenvalue weighted by Crippen LogP contribution is -2.49. The monoisotopic (exact) mass is 339 g/mol. The van der Waals surface area contributed by atoms with Crippen molar-refractivity contribution in [3.63, 3.8) is 0 Å². The number of aromatic nitrogens is 3. The first-order chi connectivity index (χ1) is 11.8. The van der Waals surface area contributed by atoms with Crippen molar-refractivity contribution in [3.05, 3.63) is 29.3 Å². The van der Waals surface area contributed by atoms with Crippen molar-refractivity contribution in [2.24, 2.45) is 0 Å². The molecule has 1 saturated carbocycles. The van der Waals surface area contributed by atoms with E-state index < -0.39 is 0 Å². The summed E-state index contributed by atoms with van der Waals surface area (Å²) < 4.78 is 0. The molecule has 2 fully saturated rings. The molecular weight excluding hydrogens is 318 g/mol. The van der Waals surface area contributed by atoms with Gasteiger partial charge >= 0.3 is 0 Å². The standard InChI is InChI=1S/C18H21N5S/c1-11-10-23(9-8-19-11)18-15(22-17(24-18)12-6-7-12)16-20-13-4-2-3-5-14(13)21-16/h2-5,11-12,19H,6-10H2,1H3,(H,20,21)/t11-/m1/s1. The van der Waals surface area contributed by atoms with Gasteiger partial charge in [-0.2, -0.15) is 0 Å². The Bertz CT molecular complexity index is 846. The number of piperazine rings is 1. The number of nitrogens with zero attached hydrogens (tertiary/aromatic N) is 3. The zero-order chi connectivity index (χ0) is 16.1. The van der Waals surface area contributed by atoms with Crippen molar-refractivity contribution in [2.75, 3.05) is 24.5 Å². The van der Waals surface area contributed by atoms with Crippen LogP contribution in [0.1, 0.15) is 30.7 Å². The van der Waals surface area contributed by atoms with Crippen LogP contribution in [-0.4, -0.2) is 40.6 Å². The van der Waals surface area contributed by atoms with Crippen LogP contribution in [0.2, 0.25) is 0 Å². The number of hydrogen-bond donors (Lipinski definition) is 2. The molecule has 2 aliphatic rings. The molecule has 0 unspecified atom stereocenters. The van der Waals surface area contributed by atoms with Gasteiger partial charge in [0.2, 0.25) is 0 Å². The third-order valence-electron chi connectivity index (χ3n) is 4.82. The van der Waals surface area contributed by atoms with Crippen LogP contribution < -0.4 is 10.2 Å². The summed E-state index contributed by atoms with van der Waals surface area (Å²) >= 11 is 1.87. The van der Waals surface area contributed by atoms with Crippen molar-refractivity contribution < 1.29 is 0 Å². The summed E-state index contributed by atoms with van der Waals surface area (Å²) in [6.07, 6.45) is 2.56. The van der Waals surface area contributed by atoms with Crippen molar-refractivity contribution in [1.82, 2.24) is 20.3 Å². The van der Waals surface area contributed by atoms with Gasteiger partial charge in [0, 0.05) is 31.6 Å². The number of thiazole rings is 1. The minimum absolute atomic E-state index is 0.508. The topological polar surface area (TPSA) is 56.8 Å². The van der Waals surface area contributed by atoms with Gasteiger partial charge in [-0.15, -0.1) is 11.3 Å². The van der Waals surface area contributed by atoms with E-state index in [-0.39, 0.29) is 0 Å². The molecule has 5 rings (SSSR count). The van der Waals surface area contributed by atoms with Gasteiger partial charge in [-0.3, -0.25) is 0 Å². The molecule has 1 atom stereocenters. The highest BCUT2D eigenvalue weighted by atomic mass is 32.1. The van der Waals surface area contributed by atoms with Gasteiger partial charge in [-0.1, -0.05) is 12.1 Å². The zero-order valence-corrected chi connectivity index (χ0v) is 14.6. The third kappa shape index (κ3) is 2.50. The first kappa shape index (κ1) is 14.4. The quantitative estimate of drug-likeness (QED) is 0.768. The summed E-state index contributed by atoms with van der Waals surface area (Å²) in [6.45, 7) is 5.33. The number of aromatic amines is 1. The number of H-pyrrole nitrogens is 1. The molecule has 1 saturated heterocycles. The number of fused-ring (bicyclic) bond motifs is 1. The molecule has 1 aliphatic heterocycles. The van der Waals surface area contributed by atoms with E-state index in [1.807, 2.05) is 23.5 Å². The second kappa shape index (κ2) is 5.57. The van der Waals surface area contributed by atoms with Crippen LogP contribution in [0.25, 0.3) is 22.6 Å². The molecule has 124 valence electrons. The van der Waals surface area contributed by atoms with Crippen LogP contribution in [-0.2, 0) is 0 Å². The summed E-state index contributed by atoms with van der Waals surface area (Å²) in [6, 6.07) is 8.71. The van der Waals surface area contributed by atoms with Gasteiger partial charge in [0.15, 0.2) is 5.82 Å². The minimum Gasteiger partial charge on any atom is -0.359 e. The Morgan fingerprint density at radius 1 is 1.21 bits per heavy atom. The van der Waals surface area contributed by atoms with E-state index in [2.05, 4.69) is 34.3 Å². The smallest absolute Gasteiger partial charge is 0.160 e. The average Bonchev–Trinajstić information content (AvgIpc) is 3.20. The number of hydrogen-bond acceptors (Lipinski definition) is 5. The molecule has 5 nitrogen and oxygen atoms in total. The molecule has 0 amide bonds. The van der Waals surface area contributed by atoms with E-state index in [0.717, 1.165) is 42.2 Å². The van der Waals surface area contributed by atoms with Crippen LogP contribution in [0.4, 0.5) is 5.00 Å². The molecule has 3 aromatic rings. The molecule has 3 heterocycles. The summed E-state index contributed by atoms with van der Waals surface area (Å²) in [7, 11) is 0. The second-order valence-corrected chi connectivity index (χ2v) is 7.89. The molecule has 2 N–H and O–H groups in total. The van der Waals surface area contributed by atoms with E-state index >= 15 is 0 Å². The Hall–Kier alpha value is -1.92. The minimum atomic E-state index is 0.508. The maximum atomic E-state index is 5.00. The SMILES string of the molecule is C[C@@H]1CN(c2sc(C3CC3)nc2-c2nc3ccccc3[nH]2)CCN1. The molecule has 1 aromatic carbocycles. The maximum absolute atomic E-state index is 5.00. The summed E-state index contributed by atoms with van der Waals surface area (Å²) in [4.78, 5) is 15.7. The van der Waals surface area contributed by atoms with Gasteiger partial charge in [0.05, 0.1) is 16.0 Å². The van der Waals surface area contributed by atoms with Crippen molar-refractivity contribution in [1.29, 1.82) is 0 Å². The molecule has 1 aliphatic carbocycles. The second-order valence-electron chi connectivity index (χ2n) is 6.88. The van der Waals surface area contributed by atoms with Crippen molar-refractivity contribution in [2.45, 2.75) is 31.7 Å². The molecular formula is C18H21N5S. The zero-order valence-electron chi connectivity index (χ0n) is 13.7. The van der Waals surface area contributed by atoms with E-state index in [4.69, 9.17) is 9.97 Å². The maximum Gasteiger partial charge on any atom is 0.160 e. The Balaban J connectivity index is 1.60. The lowest BCUT2D eigenvalue weighted by molar-refractivity contribution is 0.486. The fourth-order valence-electron chi connectivity index (χ4n) is 3.38. The van der Waals surface area contributed by atoms with Crippen LogP contribution >= 0.6 is 11.3 Å². The van der Waals surface area contributed by atoms with Crippen molar-refractivity contribution >= 4 is 27.4 Å². The highest BCUT2D eigenvalue weighted by molar-refractivity contribution is 7.16. The van der Waals surface area contributed by atoms with Crippen LogP contribution in [0, 0.1) is 0 Å². The number of para-hydroxylation sites is 2. The van der Waals surface area contributed by atoms with Crippen LogP contribution in [0.3, 0.4) is 0 Å². The number of rotatable bonds is 3. The normalized spacial score (nSPS) is 21.5. The Kier molecular flexibility index (Phi) is 3.35. The molecule has 2 aromatic heterocycles. The number of nitrogens with one attached hydrogen (secondary N) is 2. The molecule has 0 radical (unpaired) electrons. The fourth-order valence-corrected chi connectivity index (χ4v) is 4.65. The number of imidazole rings is 1.